The first-order valence-electron chi connectivity index (χ1n) is 9.55. The molecule has 2 nitrogen and oxygen atoms in total. The third-order valence-electron chi connectivity index (χ3n) is 4.29. The summed E-state index contributed by atoms with van der Waals surface area (Å²) in [6, 6.07) is 0. The third-order valence-corrected chi connectivity index (χ3v) is 4.29. The minimum absolute atomic E-state index is 0.492. The molecule has 26 heavy (non-hydrogen) atoms. The highest BCUT2D eigenvalue weighted by Gasteiger charge is 2.16. The van der Waals surface area contributed by atoms with Crippen LogP contribution in [0.3, 0.4) is 0 Å². The molecule has 0 amide bonds. The summed E-state index contributed by atoms with van der Waals surface area (Å²) in [7, 11) is 0. The SMILES string of the molecule is C=C1C=CC(C(C)C)=C(C)N1/C=C(\C)NC(=C/C)/C(C=C(C)C)=C/CC. The van der Waals surface area contributed by atoms with Crippen LogP contribution in [-0.2, 0) is 0 Å². The van der Waals surface area contributed by atoms with E-state index < -0.39 is 0 Å². The molecular weight excluding hydrogens is 316 g/mol. The molecule has 142 valence electrons. The molecule has 0 saturated carbocycles. The van der Waals surface area contributed by atoms with Crippen molar-refractivity contribution in [1.29, 1.82) is 0 Å². The summed E-state index contributed by atoms with van der Waals surface area (Å²) in [5.41, 5.74) is 8.32. The summed E-state index contributed by atoms with van der Waals surface area (Å²) in [5.74, 6) is 0.492. The topological polar surface area (TPSA) is 15.3 Å². The molecule has 1 N–H and O–H groups in total. The monoisotopic (exact) mass is 352 g/mol. The average molecular weight is 353 g/mol. The molecule has 0 fully saturated rings. The molecule has 1 heterocycles. The molecule has 0 bridgehead atoms. The zero-order valence-corrected chi connectivity index (χ0v) is 17.9. The highest BCUT2D eigenvalue weighted by atomic mass is 15.1. The number of nitrogens with zero attached hydrogens (tertiary/aromatic N) is 1. The fraction of sp³-hybridized carbons (Fsp3) is 0.417. The number of hydrogen-bond acceptors (Lipinski definition) is 2. The highest BCUT2D eigenvalue weighted by Crippen LogP contribution is 2.28. The van der Waals surface area contributed by atoms with Gasteiger partial charge in [0.05, 0.1) is 0 Å². The quantitative estimate of drug-likeness (QED) is 0.498. The molecule has 1 aliphatic rings. The maximum atomic E-state index is 4.19. The van der Waals surface area contributed by atoms with Gasteiger partial charge in [0.15, 0.2) is 0 Å². The predicted molar refractivity (Wildman–Crippen MR) is 116 cm³/mol. The summed E-state index contributed by atoms with van der Waals surface area (Å²) >= 11 is 0. The average Bonchev–Trinajstić information content (AvgIpc) is 2.55. The maximum absolute atomic E-state index is 4.19. The normalized spacial score (nSPS) is 16.6. The van der Waals surface area contributed by atoms with E-state index in [-0.39, 0.29) is 0 Å². The minimum atomic E-state index is 0.492. The fourth-order valence-electron chi connectivity index (χ4n) is 3.06. The van der Waals surface area contributed by atoms with Crippen LogP contribution in [0.15, 0.2) is 82.7 Å². The van der Waals surface area contributed by atoms with Crippen molar-refractivity contribution in [3.05, 3.63) is 82.7 Å². The lowest BCUT2D eigenvalue weighted by molar-refractivity contribution is 0.556. The lowest BCUT2D eigenvalue weighted by atomic mass is 9.97. The van der Waals surface area contributed by atoms with Crippen molar-refractivity contribution < 1.29 is 0 Å². The van der Waals surface area contributed by atoms with Gasteiger partial charge in [-0.05, 0) is 64.2 Å². The van der Waals surface area contributed by atoms with E-state index in [1.165, 1.54) is 22.4 Å². The minimum Gasteiger partial charge on any atom is -0.358 e. The van der Waals surface area contributed by atoms with E-state index >= 15 is 0 Å². The Bertz CT molecular complexity index is 702. The zero-order chi connectivity index (χ0) is 19.9. The van der Waals surface area contributed by atoms with E-state index in [0.717, 1.165) is 23.5 Å². The summed E-state index contributed by atoms with van der Waals surface area (Å²) in [6.45, 7) is 21.4. The first-order chi connectivity index (χ1) is 12.2. The first kappa shape index (κ1) is 21.8. The van der Waals surface area contributed by atoms with Gasteiger partial charge < -0.3 is 10.2 Å². The van der Waals surface area contributed by atoms with Crippen molar-refractivity contribution >= 4 is 0 Å². The lowest BCUT2D eigenvalue weighted by Gasteiger charge is -2.30. The van der Waals surface area contributed by atoms with Crippen LogP contribution < -0.4 is 5.32 Å². The smallest absolute Gasteiger partial charge is 0.0409 e. The Labute approximate surface area is 161 Å². The van der Waals surface area contributed by atoms with E-state index in [4.69, 9.17) is 0 Å². The van der Waals surface area contributed by atoms with E-state index in [1.54, 1.807) is 0 Å². The molecule has 0 spiro atoms. The van der Waals surface area contributed by atoms with Crippen molar-refractivity contribution in [3.63, 3.8) is 0 Å². The van der Waals surface area contributed by atoms with Crippen LogP contribution >= 0.6 is 0 Å². The molecule has 0 radical (unpaired) electrons. The van der Waals surface area contributed by atoms with E-state index in [1.807, 2.05) is 0 Å². The predicted octanol–water partition coefficient (Wildman–Crippen LogP) is 6.96. The van der Waals surface area contributed by atoms with Crippen LogP contribution in [-0.4, -0.2) is 4.90 Å². The fourth-order valence-corrected chi connectivity index (χ4v) is 3.06. The van der Waals surface area contributed by atoms with E-state index in [0.29, 0.717) is 5.92 Å². The lowest BCUT2D eigenvalue weighted by Crippen LogP contribution is -2.22. The second kappa shape index (κ2) is 10.1. The summed E-state index contributed by atoms with van der Waals surface area (Å²) in [6.07, 6.45) is 14.0. The number of rotatable bonds is 7. The largest absolute Gasteiger partial charge is 0.358 e. The molecule has 0 aromatic heterocycles. The molecule has 0 saturated heterocycles. The summed E-state index contributed by atoms with van der Waals surface area (Å²) in [4.78, 5) is 2.18. The van der Waals surface area contributed by atoms with Crippen molar-refractivity contribution in [3.8, 4) is 0 Å². The Hall–Kier alpha value is -2.22. The van der Waals surface area contributed by atoms with Crippen molar-refractivity contribution in [2.24, 2.45) is 5.92 Å². The maximum Gasteiger partial charge on any atom is 0.0409 e. The highest BCUT2D eigenvalue weighted by molar-refractivity contribution is 5.42. The van der Waals surface area contributed by atoms with Crippen LogP contribution in [0.4, 0.5) is 0 Å². The van der Waals surface area contributed by atoms with Crippen LogP contribution in [0.2, 0.25) is 0 Å². The third kappa shape index (κ3) is 5.94. The van der Waals surface area contributed by atoms with Crippen LogP contribution in [0.25, 0.3) is 0 Å². The van der Waals surface area contributed by atoms with Crippen LogP contribution in [0, 0.1) is 5.92 Å². The molecule has 1 rings (SSSR count). The van der Waals surface area contributed by atoms with Gasteiger partial charge >= 0.3 is 0 Å². The van der Waals surface area contributed by atoms with Gasteiger partial charge in [-0.2, -0.15) is 0 Å². The van der Waals surface area contributed by atoms with Gasteiger partial charge in [-0.3, -0.25) is 0 Å². The molecule has 0 unspecified atom stereocenters. The van der Waals surface area contributed by atoms with E-state index in [2.05, 4.69) is 109 Å². The standard InChI is InChI=1S/C24H36N2/c1-10-12-22(15-17(3)4)24(11-2)25-19(7)16-26-20(8)13-14-23(18(5)6)21(26)9/h11-16,18,25H,8,10H2,1-7,9H3/b19-16+,22-12+,24-11+. The summed E-state index contributed by atoms with van der Waals surface area (Å²) < 4.78 is 0. The molecule has 0 aromatic carbocycles. The van der Waals surface area contributed by atoms with Crippen molar-refractivity contribution in [2.75, 3.05) is 0 Å². The number of allylic oxidation sites excluding steroid dienone is 9. The van der Waals surface area contributed by atoms with Crippen LogP contribution in [0.5, 0.6) is 0 Å². The van der Waals surface area contributed by atoms with Gasteiger partial charge in [0.1, 0.15) is 0 Å². The Morgan fingerprint density at radius 2 is 1.88 bits per heavy atom. The van der Waals surface area contributed by atoms with Gasteiger partial charge in [0.25, 0.3) is 0 Å². The van der Waals surface area contributed by atoms with Gasteiger partial charge in [0, 0.05) is 29.0 Å². The van der Waals surface area contributed by atoms with Gasteiger partial charge in [-0.15, -0.1) is 0 Å². The Kier molecular flexibility index (Phi) is 8.44. The molecule has 1 aliphatic heterocycles. The molecule has 0 atom stereocenters. The number of nitrogens with one attached hydrogen (secondary N) is 1. The second-order valence-corrected chi connectivity index (χ2v) is 7.32. The molecule has 0 aromatic rings. The molecule has 2 heteroatoms. The number of hydrogen-bond donors (Lipinski definition) is 1. The van der Waals surface area contributed by atoms with Crippen LogP contribution in [0.1, 0.15) is 61.8 Å². The van der Waals surface area contributed by atoms with Crippen molar-refractivity contribution in [2.45, 2.75) is 61.8 Å². The Morgan fingerprint density at radius 3 is 2.38 bits per heavy atom. The van der Waals surface area contributed by atoms with Gasteiger partial charge in [-0.1, -0.05) is 57.2 Å². The Balaban J connectivity index is 3.13. The van der Waals surface area contributed by atoms with E-state index in [9.17, 15) is 0 Å². The zero-order valence-electron chi connectivity index (χ0n) is 17.9. The summed E-state index contributed by atoms with van der Waals surface area (Å²) in [5, 5.41) is 3.57. The Morgan fingerprint density at radius 1 is 1.23 bits per heavy atom. The second-order valence-electron chi connectivity index (χ2n) is 7.32. The van der Waals surface area contributed by atoms with Gasteiger partial charge in [0.2, 0.25) is 0 Å². The first-order valence-corrected chi connectivity index (χ1v) is 9.55. The molecular formula is C24H36N2. The molecule has 0 aliphatic carbocycles. The van der Waals surface area contributed by atoms with Gasteiger partial charge in [-0.25, -0.2) is 0 Å². The van der Waals surface area contributed by atoms with Crippen molar-refractivity contribution in [1.82, 2.24) is 10.2 Å².